The first-order valence-corrected chi connectivity index (χ1v) is 13.3. The third-order valence-electron chi connectivity index (χ3n) is 6.16. The Morgan fingerprint density at radius 2 is 0.705 bits per heavy atom. The Labute approximate surface area is 237 Å². The summed E-state index contributed by atoms with van der Waals surface area (Å²) in [7, 11) is -4.46. The average molecular weight is 675 g/mol. The first-order chi connectivity index (χ1) is 19.9. The lowest BCUT2D eigenvalue weighted by Crippen LogP contribution is -2.73. The Bertz CT molecular complexity index is 1350. The molecule has 0 bridgehead atoms. The van der Waals surface area contributed by atoms with E-state index in [1.807, 2.05) is 0 Å². The summed E-state index contributed by atoms with van der Waals surface area (Å²) in [5, 5.41) is -0.671. The number of carbonyl (C=O) groups is 1. The number of alkyl halides is 15. The van der Waals surface area contributed by atoms with Gasteiger partial charge in [0, 0.05) is 0 Å². The smallest absolute Gasteiger partial charge is 0.290 e. The molecule has 0 spiro atoms. The third-order valence-corrected chi connectivity index (χ3v) is 9.68. The predicted octanol–water partition coefficient (Wildman–Crippen LogP) is 7.81. The molecule has 0 fully saturated rings. The lowest BCUT2D eigenvalue weighted by atomic mass is 9.91. The summed E-state index contributed by atoms with van der Waals surface area (Å²) >= 11 is 0. The molecule has 0 unspecified atom stereocenters. The van der Waals surface area contributed by atoms with E-state index in [-0.39, 0.29) is 15.9 Å². The van der Waals surface area contributed by atoms with Crippen molar-refractivity contribution in [3.05, 3.63) is 91.0 Å². The lowest BCUT2D eigenvalue weighted by molar-refractivity contribution is -0.450. The van der Waals surface area contributed by atoms with Crippen LogP contribution >= 0.6 is 7.49 Å². The fourth-order valence-corrected chi connectivity index (χ4v) is 7.15. The van der Waals surface area contributed by atoms with Gasteiger partial charge in [0.05, 0.1) is 0 Å². The largest absolute Gasteiger partial charge is 0.460 e. The zero-order valence-corrected chi connectivity index (χ0v) is 22.0. The van der Waals surface area contributed by atoms with Gasteiger partial charge in [-0.2, -0.15) is 65.9 Å². The van der Waals surface area contributed by atoms with Crippen molar-refractivity contribution in [3.63, 3.8) is 0 Å². The van der Waals surface area contributed by atoms with Gasteiger partial charge in [0.2, 0.25) is 0 Å². The van der Waals surface area contributed by atoms with E-state index in [1.165, 1.54) is 54.6 Å². The van der Waals surface area contributed by atoms with E-state index >= 15 is 0 Å². The van der Waals surface area contributed by atoms with Gasteiger partial charge in [-0.15, -0.1) is 0 Å². The monoisotopic (exact) mass is 675 g/mol. The van der Waals surface area contributed by atoms with Crippen molar-refractivity contribution in [3.8, 4) is 0 Å². The Kier molecular flexibility index (Phi) is 8.86. The van der Waals surface area contributed by atoms with Crippen molar-refractivity contribution in [2.75, 3.05) is 0 Å². The van der Waals surface area contributed by atoms with Crippen LogP contribution in [0.15, 0.2) is 91.0 Å². The molecular formula is C26H15F15O2P+. The van der Waals surface area contributed by atoms with Crippen LogP contribution in [-0.2, 0) is 9.32 Å². The fourth-order valence-electron chi connectivity index (χ4n) is 3.80. The normalized spacial score (nSPS) is 14.3. The highest BCUT2D eigenvalue weighted by molar-refractivity contribution is 7.92. The molecule has 3 rings (SSSR count). The zero-order chi connectivity index (χ0) is 33.6. The van der Waals surface area contributed by atoms with Crippen LogP contribution in [0, 0.1) is 0 Å². The van der Waals surface area contributed by atoms with Crippen LogP contribution in [0.3, 0.4) is 0 Å². The Hall–Kier alpha value is -3.49. The number of hydrogen-bond acceptors (Lipinski definition) is 2. The lowest BCUT2D eigenvalue weighted by Gasteiger charge is -2.40. The summed E-state index contributed by atoms with van der Waals surface area (Å²) < 4.78 is 211. The number of hydrogen-bond donors (Lipinski definition) is 0. The average Bonchev–Trinajstić information content (AvgIpc) is 2.96. The van der Waals surface area contributed by atoms with E-state index in [2.05, 4.69) is 0 Å². The molecule has 18 heteroatoms. The Morgan fingerprint density at radius 1 is 0.432 bits per heavy atom. The minimum absolute atomic E-state index is 0.224. The molecule has 0 atom stereocenters. The molecule has 44 heavy (non-hydrogen) atoms. The highest BCUT2D eigenvalue weighted by Gasteiger charge is 2.94. The van der Waals surface area contributed by atoms with Gasteiger partial charge in [-0.05, 0) is 36.4 Å². The van der Waals surface area contributed by atoms with E-state index in [0.29, 0.717) is 0 Å². The molecule has 0 saturated carbocycles. The van der Waals surface area contributed by atoms with Crippen LogP contribution < -0.4 is 15.9 Å². The minimum Gasteiger partial charge on any atom is -0.290 e. The second kappa shape index (κ2) is 11.1. The zero-order valence-electron chi connectivity index (χ0n) is 21.1. The molecule has 240 valence electrons. The standard InChI is InChI=1S/C26H15F15O2P/c27-20(28,21(29,30)22(31,32)23(33,34)24(35,36)25(37,38)26(39,40)41)19(42)43-44(16-10-4-1-5-11-16,17-12-6-2-7-13-17)18-14-8-3-9-15-18/h1-15H/q+1. The van der Waals surface area contributed by atoms with Crippen molar-refractivity contribution in [1.29, 1.82) is 0 Å². The minimum atomic E-state index is -8.53. The van der Waals surface area contributed by atoms with Gasteiger partial charge in [0.25, 0.3) is 7.49 Å². The molecule has 0 aliphatic carbocycles. The molecule has 0 aromatic heterocycles. The number of carbonyl (C=O) groups excluding carboxylic acids is 1. The molecule has 0 saturated heterocycles. The molecular weight excluding hydrogens is 660 g/mol. The van der Waals surface area contributed by atoms with Crippen LogP contribution in [-0.4, -0.2) is 47.7 Å². The molecule has 3 aromatic rings. The summed E-state index contributed by atoms with van der Waals surface area (Å²) in [5.41, 5.74) is 0. The second-order valence-corrected chi connectivity index (χ2v) is 11.9. The van der Waals surface area contributed by atoms with Gasteiger partial charge >= 0.3 is 47.7 Å². The van der Waals surface area contributed by atoms with Crippen molar-refractivity contribution >= 4 is 29.4 Å². The van der Waals surface area contributed by atoms with Crippen molar-refractivity contribution in [2.45, 2.75) is 41.7 Å². The summed E-state index contributed by atoms with van der Waals surface area (Å²) in [6, 6.07) is 18.3. The van der Waals surface area contributed by atoms with Crippen molar-refractivity contribution in [2.24, 2.45) is 0 Å². The number of benzene rings is 3. The highest BCUT2D eigenvalue weighted by atomic mass is 31.2. The third kappa shape index (κ3) is 5.06. The van der Waals surface area contributed by atoms with Gasteiger partial charge in [0.1, 0.15) is 15.9 Å². The van der Waals surface area contributed by atoms with Gasteiger partial charge in [-0.25, -0.2) is 4.79 Å². The van der Waals surface area contributed by atoms with Gasteiger partial charge < -0.3 is 0 Å². The molecule has 0 N–H and O–H groups in total. The Balaban J connectivity index is 2.22. The quantitative estimate of drug-likeness (QED) is 0.162. The molecule has 0 heterocycles. The SMILES string of the molecule is O=C(O[P+](c1ccccc1)(c1ccccc1)c1ccccc1)C(F)(F)C(F)(F)C(F)(F)C(F)(F)C(F)(F)C(F)(F)C(F)(F)F. The maximum atomic E-state index is 14.9. The van der Waals surface area contributed by atoms with Crippen molar-refractivity contribution in [1.82, 2.24) is 0 Å². The summed E-state index contributed by atoms with van der Waals surface area (Å²) in [4.78, 5) is 12.7. The van der Waals surface area contributed by atoms with E-state index in [0.717, 1.165) is 36.4 Å². The fraction of sp³-hybridized carbons (Fsp3) is 0.269. The number of rotatable bonds is 10. The van der Waals surface area contributed by atoms with Crippen LogP contribution in [0.2, 0.25) is 0 Å². The maximum Gasteiger partial charge on any atom is 0.460 e. The van der Waals surface area contributed by atoms with E-state index < -0.39 is 55.2 Å². The van der Waals surface area contributed by atoms with Gasteiger partial charge in [-0.3, -0.25) is 4.52 Å². The molecule has 0 aliphatic rings. The topological polar surface area (TPSA) is 26.3 Å². The molecule has 2 nitrogen and oxygen atoms in total. The highest BCUT2D eigenvalue weighted by Crippen LogP contribution is 2.64. The van der Waals surface area contributed by atoms with Crippen LogP contribution in [0.4, 0.5) is 65.9 Å². The Morgan fingerprint density at radius 3 is 1.00 bits per heavy atom. The molecule has 0 radical (unpaired) electrons. The van der Waals surface area contributed by atoms with Crippen LogP contribution in [0.25, 0.3) is 0 Å². The van der Waals surface area contributed by atoms with Crippen LogP contribution in [0.1, 0.15) is 0 Å². The number of halogens is 15. The first kappa shape index (κ1) is 35.0. The van der Waals surface area contributed by atoms with Crippen molar-refractivity contribution < 1.29 is 75.2 Å². The summed E-state index contributed by atoms with van der Waals surface area (Å²) in [6.45, 7) is 0. The van der Waals surface area contributed by atoms with Gasteiger partial charge in [-0.1, -0.05) is 54.6 Å². The summed E-state index contributed by atoms with van der Waals surface area (Å²) in [6.07, 6.45) is -7.74. The first-order valence-electron chi connectivity index (χ1n) is 11.6. The van der Waals surface area contributed by atoms with Crippen LogP contribution in [0.5, 0.6) is 0 Å². The van der Waals surface area contributed by atoms with E-state index in [1.54, 1.807) is 0 Å². The molecule has 0 aliphatic heterocycles. The molecule has 3 aromatic carbocycles. The molecule has 0 amide bonds. The van der Waals surface area contributed by atoms with E-state index in [9.17, 15) is 70.7 Å². The predicted molar refractivity (Wildman–Crippen MR) is 127 cm³/mol. The summed E-state index contributed by atoms with van der Waals surface area (Å²) in [5.74, 6) is -52.5. The maximum absolute atomic E-state index is 14.9. The van der Waals surface area contributed by atoms with E-state index in [4.69, 9.17) is 4.52 Å². The van der Waals surface area contributed by atoms with Gasteiger partial charge in [0.15, 0.2) is 0 Å². The second-order valence-electron chi connectivity index (χ2n) is 8.94.